The number of benzene rings is 1. The highest BCUT2D eigenvalue weighted by Gasteiger charge is 2.10. The van der Waals surface area contributed by atoms with Gasteiger partial charge < -0.3 is 10.0 Å². The van der Waals surface area contributed by atoms with Crippen LogP contribution >= 0.6 is 11.6 Å². The average molecular weight is 278 g/mol. The number of aromatic nitrogens is 2. The van der Waals surface area contributed by atoms with E-state index in [4.69, 9.17) is 11.6 Å². The van der Waals surface area contributed by atoms with Gasteiger partial charge in [0.15, 0.2) is 0 Å². The first kappa shape index (κ1) is 13.8. The molecule has 0 fully saturated rings. The molecule has 1 N–H and O–H groups in total. The highest BCUT2D eigenvalue weighted by molar-refractivity contribution is 6.28. The summed E-state index contributed by atoms with van der Waals surface area (Å²) in [6, 6.07) is 11.9. The van der Waals surface area contributed by atoms with E-state index in [9.17, 15) is 5.11 Å². The third kappa shape index (κ3) is 3.91. The van der Waals surface area contributed by atoms with Gasteiger partial charge in [0.05, 0.1) is 6.61 Å². The SMILES string of the molecule is Cc1cc(N(CCO)Cc2ccccc2)nc(Cl)n1. The van der Waals surface area contributed by atoms with Crippen LogP contribution in [-0.4, -0.2) is 28.2 Å². The fourth-order valence-electron chi connectivity index (χ4n) is 1.88. The molecule has 2 rings (SSSR count). The summed E-state index contributed by atoms with van der Waals surface area (Å²) in [5, 5.41) is 9.42. The summed E-state index contributed by atoms with van der Waals surface area (Å²) in [6.07, 6.45) is 0. The van der Waals surface area contributed by atoms with Gasteiger partial charge in [-0.15, -0.1) is 0 Å². The zero-order chi connectivity index (χ0) is 13.7. The molecule has 0 atom stereocenters. The van der Waals surface area contributed by atoms with Crippen molar-refractivity contribution in [3.8, 4) is 0 Å². The standard InChI is InChI=1S/C14H16ClN3O/c1-11-9-13(17-14(15)16-11)18(7-8-19)10-12-5-3-2-4-6-12/h2-6,9,19H,7-8,10H2,1H3. The van der Waals surface area contributed by atoms with Crippen LogP contribution in [0.15, 0.2) is 36.4 Å². The molecule has 0 saturated heterocycles. The lowest BCUT2D eigenvalue weighted by atomic mass is 10.2. The lowest BCUT2D eigenvalue weighted by Gasteiger charge is -2.23. The summed E-state index contributed by atoms with van der Waals surface area (Å²) < 4.78 is 0. The maximum atomic E-state index is 9.20. The van der Waals surface area contributed by atoms with Crippen molar-refractivity contribution in [1.29, 1.82) is 0 Å². The Morgan fingerprint density at radius 2 is 1.95 bits per heavy atom. The summed E-state index contributed by atoms with van der Waals surface area (Å²) in [7, 11) is 0. The Morgan fingerprint density at radius 3 is 2.58 bits per heavy atom. The molecular weight excluding hydrogens is 262 g/mol. The average Bonchev–Trinajstić information content (AvgIpc) is 2.38. The van der Waals surface area contributed by atoms with E-state index in [0.29, 0.717) is 13.1 Å². The van der Waals surface area contributed by atoms with Crippen LogP contribution in [0, 0.1) is 6.92 Å². The number of hydrogen-bond donors (Lipinski definition) is 1. The van der Waals surface area contributed by atoms with Crippen LogP contribution in [0.4, 0.5) is 5.82 Å². The van der Waals surface area contributed by atoms with Crippen molar-refractivity contribution in [2.75, 3.05) is 18.1 Å². The minimum atomic E-state index is 0.0630. The first-order valence-corrected chi connectivity index (χ1v) is 6.48. The molecule has 5 heteroatoms. The molecule has 1 aromatic carbocycles. The second-order valence-electron chi connectivity index (χ2n) is 4.27. The van der Waals surface area contributed by atoms with Crippen molar-refractivity contribution < 1.29 is 5.11 Å². The number of halogens is 1. The molecule has 2 aromatic rings. The number of aliphatic hydroxyl groups is 1. The number of rotatable bonds is 5. The van der Waals surface area contributed by atoms with Crippen molar-refractivity contribution in [1.82, 2.24) is 9.97 Å². The number of hydrogen-bond acceptors (Lipinski definition) is 4. The monoisotopic (exact) mass is 277 g/mol. The van der Waals surface area contributed by atoms with Crippen molar-refractivity contribution >= 4 is 17.4 Å². The van der Waals surface area contributed by atoms with E-state index in [1.54, 1.807) is 0 Å². The minimum absolute atomic E-state index is 0.0630. The summed E-state index contributed by atoms with van der Waals surface area (Å²) in [6.45, 7) is 3.11. The van der Waals surface area contributed by atoms with E-state index in [2.05, 4.69) is 9.97 Å². The lowest BCUT2D eigenvalue weighted by Crippen LogP contribution is -2.27. The molecule has 100 valence electrons. The van der Waals surface area contributed by atoms with Crippen molar-refractivity contribution in [3.63, 3.8) is 0 Å². The van der Waals surface area contributed by atoms with E-state index in [1.807, 2.05) is 48.2 Å². The second-order valence-corrected chi connectivity index (χ2v) is 4.61. The molecule has 0 bridgehead atoms. The molecule has 4 nitrogen and oxygen atoms in total. The Kier molecular flexibility index (Phi) is 4.71. The smallest absolute Gasteiger partial charge is 0.224 e. The first-order chi connectivity index (χ1) is 9.19. The molecule has 19 heavy (non-hydrogen) atoms. The minimum Gasteiger partial charge on any atom is -0.395 e. The highest BCUT2D eigenvalue weighted by atomic mass is 35.5. The number of aliphatic hydroxyl groups excluding tert-OH is 1. The number of aryl methyl sites for hydroxylation is 1. The van der Waals surface area contributed by atoms with Crippen molar-refractivity contribution in [2.45, 2.75) is 13.5 Å². The van der Waals surface area contributed by atoms with Crippen LogP contribution in [0.25, 0.3) is 0 Å². The van der Waals surface area contributed by atoms with Gasteiger partial charge in [0, 0.05) is 24.8 Å². The van der Waals surface area contributed by atoms with Crippen LogP contribution in [0.5, 0.6) is 0 Å². The van der Waals surface area contributed by atoms with Gasteiger partial charge in [-0.2, -0.15) is 0 Å². The Morgan fingerprint density at radius 1 is 1.21 bits per heavy atom. The molecule has 0 unspecified atom stereocenters. The Balaban J connectivity index is 2.24. The van der Waals surface area contributed by atoms with Crippen LogP contribution in [0.1, 0.15) is 11.3 Å². The summed E-state index contributed by atoms with van der Waals surface area (Å²) in [5.74, 6) is 0.732. The van der Waals surface area contributed by atoms with E-state index in [-0.39, 0.29) is 11.9 Å². The molecule has 0 amide bonds. The quantitative estimate of drug-likeness (QED) is 0.853. The van der Waals surface area contributed by atoms with Gasteiger partial charge in [-0.25, -0.2) is 9.97 Å². The fourth-order valence-corrected chi connectivity index (χ4v) is 2.10. The van der Waals surface area contributed by atoms with Gasteiger partial charge >= 0.3 is 0 Å². The maximum absolute atomic E-state index is 9.20. The van der Waals surface area contributed by atoms with E-state index in [1.165, 1.54) is 0 Å². The zero-order valence-electron chi connectivity index (χ0n) is 10.8. The molecule has 0 aliphatic carbocycles. The van der Waals surface area contributed by atoms with E-state index < -0.39 is 0 Å². The van der Waals surface area contributed by atoms with Crippen LogP contribution in [0.2, 0.25) is 5.28 Å². The Labute approximate surface area is 117 Å². The zero-order valence-corrected chi connectivity index (χ0v) is 11.5. The molecule has 1 heterocycles. The highest BCUT2D eigenvalue weighted by Crippen LogP contribution is 2.17. The molecule has 0 saturated carbocycles. The van der Waals surface area contributed by atoms with Crippen LogP contribution in [-0.2, 0) is 6.54 Å². The normalized spacial score (nSPS) is 10.5. The van der Waals surface area contributed by atoms with Crippen LogP contribution in [0.3, 0.4) is 0 Å². The molecule has 0 aliphatic heterocycles. The van der Waals surface area contributed by atoms with E-state index in [0.717, 1.165) is 17.1 Å². The molecule has 0 aliphatic rings. The lowest BCUT2D eigenvalue weighted by molar-refractivity contribution is 0.301. The maximum Gasteiger partial charge on any atom is 0.224 e. The molecule has 0 radical (unpaired) electrons. The van der Waals surface area contributed by atoms with Crippen molar-refractivity contribution in [3.05, 3.63) is 52.9 Å². The molecule has 1 aromatic heterocycles. The van der Waals surface area contributed by atoms with Gasteiger partial charge in [-0.05, 0) is 24.1 Å². The van der Waals surface area contributed by atoms with Crippen molar-refractivity contribution in [2.24, 2.45) is 0 Å². The van der Waals surface area contributed by atoms with Gasteiger partial charge in [-0.3, -0.25) is 0 Å². The topological polar surface area (TPSA) is 49.2 Å². The van der Waals surface area contributed by atoms with Gasteiger partial charge in [0.25, 0.3) is 0 Å². The Hall–Kier alpha value is -1.65. The third-order valence-electron chi connectivity index (χ3n) is 2.72. The fraction of sp³-hybridized carbons (Fsp3) is 0.286. The van der Waals surface area contributed by atoms with Gasteiger partial charge in [0.1, 0.15) is 5.82 Å². The number of anilines is 1. The van der Waals surface area contributed by atoms with Crippen LogP contribution < -0.4 is 4.90 Å². The summed E-state index contributed by atoms with van der Waals surface area (Å²) >= 11 is 5.89. The predicted molar refractivity (Wildman–Crippen MR) is 76.4 cm³/mol. The largest absolute Gasteiger partial charge is 0.395 e. The Bertz CT molecular complexity index is 513. The summed E-state index contributed by atoms with van der Waals surface area (Å²) in [4.78, 5) is 10.2. The second kappa shape index (κ2) is 6.50. The first-order valence-electron chi connectivity index (χ1n) is 6.10. The van der Waals surface area contributed by atoms with E-state index >= 15 is 0 Å². The molecular formula is C14H16ClN3O. The third-order valence-corrected chi connectivity index (χ3v) is 2.89. The predicted octanol–water partition coefficient (Wildman–Crippen LogP) is 2.44. The number of nitrogens with zero attached hydrogens (tertiary/aromatic N) is 3. The van der Waals surface area contributed by atoms with Gasteiger partial charge in [-0.1, -0.05) is 30.3 Å². The summed E-state index contributed by atoms with van der Waals surface area (Å²) in [5.41, 5.74) is 1.97. The molecule has 0 spiro atoms. The van der Waals surface area contributed by atoms with Gasteiger partial charge in [0.2, 0.25) is 5.28 Å².